The molecule has 18 heavy (non-hydrogen) atoms. The Bertz CT molecular complexity index is 562. The van der Waals surface area contributed by atoms with Crippen molar-refractivity contribution >= 4 is 17.4 Å². The number of nitrogens with zero attached hydrogens (tertiary/aromatic N) is 4. The number of nitrogens with one attached hydrogen (secondary N) is 1. The van der Waals surface area contributed by atoms with Crippen LogP contribution in [0.25, 0.3) is 0 Å². The van der Waals surface area contributed by atoms with Crippen molar-refractivity contribution in [3.8, 4) is 0 Å². The molecule has 1 amide bonds. The third-order valence-electron chi connectivity index (χ3n) is 3.04. The predicted molar refractivity (Wildman–Crippen MR) is 66.4 cm³/mol. The van der Waals surface area contributed by atoms with Crippen LogP contribution in [-0.4, -0.2) is 31.1 Å². The number of carbonyl (C=O) groups excluding carboxylic acids is 1. The second-order valence-electron chi connectivity index (χ2n) is 4.45. The molecule has 2 aromatic heterocycles. The monoisotopic (exact) mass is 263 g/mol. The standard InChI is InChI=1S/C11H13N5OS/c1-7-4-16-5-8(2-3-10(16)12-7)13-11(17)9-6-18-15-14-9/h4,6,8H,2-3,5H2,1H3,(H,13,17)/t8-/m0/s1. The van der Waals surface area contributed by atoms with Gasteiger partial charge in [0, 0.05) is 30.6 Å². The fraction of sp³-hybridized carbons (Fsp3) is 0.455. The van der Waals surface area contributed by atoms with E-state index in [9.17, 15) is 4.79 Å². The molecule has 0 saturated carbocycles. The van der Waals surface area contributed by atoms with E-state index in [1.54, 1.807) is 5.38 Å². The normalized spacial score (nSPS) is 18.4. The van der Waals surface area contributed by atoms with Gasteiger partial charge in [-0.2, -0.15) is 0 Å². The van der Waals surface area contributed by atoms with E-state index < -0.39 is 0 Å². The highest BCUT2D eigenvalue weighted by molar-refractivity contribution is 7.03. The molecule has 94 valence electrons. The van der Waals surface area contributed by atoms with Gasteiger partial charge in [-0.3, -0.25) is 4.79 Å². The van der Waals surface area contributed by atoms with Crippen LogP contribution < -0.4 is 5.32 Å². The van der Waals surface area contributed by atoms with Crippen LogP contribution in [0.1, 0.15) is 28.4 Å². The van der Waals surface area contributed by atoms with Crippen molar-refractivity contribution in [2.75, 3.05) is 0 Å². The summed E-state index contributed by atoms with van der Waals surface area (Å²) in [7, 11) is 0. The van der Waals surface area contributed by atoms with Crippen molar-refractivity contribution in [1.29, 1.82) is 0 Å². The summed E-state index contributed by atoms with van der Waals surface area (Å²) < 4.78 is 5.81. The fourth-order valence-electron chi connectivity index (χ4n) is 2.23. The van der Waals surface area contributed by atoms with E-state index in [0.29, 0.717) is 5.69 Å². The van der Waals surface area contributed by atoms with Crippen molar-refractivity contribution in [3.63, 3.8) is 0 Å². The maximum Gasteiger partial charge on any atom is 0.273 e. The van der Waals surface area contributed by atoms with Gasteiger partial charge in [-0.05, 0) is 24.9 Å². The van der Waals surface area contributed by atoms with Gasteiger partial charge in [-0.1, -0.05) is 4.49 Å². The molecule has 1 aliphatic heterocycles. The average molecular weight is 263 g/mol. The van der Waals surface area contributed by atoms with Crippen molar-refractivity contribution in [2.45, 2.75) is 32.4 Å². The second kappa shape index (κ2) is 4.49. The summed E-state index contributed by atoms with van der Waals surface area (Å²) in [5.74, 6) is 0.961. The van der Waals surface area contributed by atoms with Crippen LogP contribution in [0.15, 0.2) is 11.6 Å². The minimum absolute atomic E-state index is 0.139. The third kappa shape index (κ3) is 2.13. The Morgan fingerprint density at radius 2 is 2.50 bits per heavy atom. The highest BCUT2D eigenvalue weighted by Gasteiger charge is 2.22. The van der Waals surface area contributed by atoms with Gasteiger partial charge in [0.25, 0.3) is 5.91 Å². The van der Waals surface area contributed by atoms with Crippen molar-refractivity contribution in [1.82, 2.24) is 24.5 Å². The minimum Gasteiger partial charge on any atom is -0.346 e. The van der Waals surface area contributed by atoms with Gasteiger partial charge < -0.3 is 9.88 Å². The van der Waals surface area contributed by atoms with E-state index in [1.807, 2.05) is 13.1 Å². The predicted octanol–water partition coefficient (Wildman–Crippen LogP) is 0.788. The molecule has 1 N–H and O–H groups in total. The summed E-state index contributed by atoms with van der Waals surface area (Å²) >= 11 is 1.18. The molecule has 1 aliphatic rings. The Morgan fingerprint density at radius 1 is 1.61 bits per heavy atom. The van der Waals surface area contributed by atoms with E-state index in [2.05, 4.69) is 24.5 Å². The number of hydrogen-bond acceptors (Lipinski definition) is 5. The van der Waals surface area contributed by atoms with Gasteiger partial charge in [-0.25, -0.2) is 4.98 Å². The maximum atomic E-state index is 11.9. The molecule has 1 atom stereocenters. The molecule has 0 aliphatic carbocycles. The van der Waals surface area contributed by atoms with Crippen LogP contribution in [0.4, 0.5) is 0 Å². The quantitative estimate of drug-likeness (QED) is 0.869. The van der Waals surface area contributed by atoms with Gasteiger partial charge in [-0.15, -0.1) is 5.10 Å². The molecule has 0 aromatic carbocycles. The summed E-state index contributed by atoms with van der Waals surface area (Å²) in [5, 5.41) is 8.41. The summed E-state index contributed by atoms with van der Waals surface area (Å²) in [6.07, 6.45) is 3.84. The van der Waals surface area contributed by atoms with Gasteiger partial charge in [0.05, 0.1) is 5.69 Å². The Hall–Kier alpha value is -1.76. The summed E-state index contributed by atoms with van der Waals surface area (Å²) in [5.41, 5.74) is 1.42. The molecule has 2 aromatic rings. The van der Waals surface area contributed by atoms with Crippen LogP contribution in [0.3, 0.4) is 0 Å². The molecule has 0 unspecified atom stereocenters. The fourth-order valence-corrected chi connectivity index (χ4v) is 2.66. The topological polar surface area (TPSA) is 72.7 Å². The van der Waals surface area contributed by atoms with Gasteiger partial charge in [0.15, 0.2) is 5.69 Å². The van der Waals surface area contributed by atoms with Crippen LogP contribution in [-0.2, 0) is 13.0 Å². The molecular weight excluding hydrogens is 250 g/mol. The molecule has 0 saturated heterocycles. The van der Waals surface area contributed by atoms with E-state index in [-0.39, 0.29) is 11.9 Å². The Morgan fingerprint density at radius 3 is 3.28 bits per heavy atom. The van der Waals surface area contributed by atoms with E-state index in [1.165, 1.54) is 11.5 Å². The number of hydrogen-bond donors (Lipinski definition) is 1. The first-order chi connectivity index (χ1) is 8.72. The number of aromatic nitrogens is 4. The Kier molecular flexibility index (Phi) is 2.83. The second-order valence-corrected chi connectivity index (χ2v) is 5.06. The van der Waals surface area contributed by atoms with Crippen molar-refractivity contribution in [2.24, 2.45) is 0 Å². The van der Waals surface area contributed by atoms with Crippen LogP contribution in [0, 0.1) is 6.92 Å². The first kappa shape index (κ1) is 11.3. The lowest BCUT2D eigenvalue weighted by Crippen LogP contribution is -2.41. The molecule has 7 heteroatoms. The average Bonchev–Trinajstić information content (AvgIpc) is 2.95. The number of fused-ring (bicyclic) bond motifs is 1. The van der Waals surface area contributed by atoms with Gasteiger partial charge in [0.1, 0.15) is 5.82 Å². The van der Waals surface area contributed by atoms with E-state index in [4.69, 9.17) is 0 Å². The van der Waals surface area contributed by atoms with Crippen LogP contribution >= 0.6 is 11.5 Å². The van der Waals surface area contributed by atoms with E-state index in [0.717, 1.165) is 30.9 Å². The molecule has 6 nitrogen and oxygen atoms in total. The van der Waals surface area contributed by atoms with Crippen molar-refractivity contribution in [3.05, 3.63) is 28.8 Å². The molecule has 0 fully saturated rings. The van der Waals surface area contributed by atoms with Crippen LogP contribution in [0.5, 0.6) is 0 Å². The molecule has 3 heterocycles. The highest BCUT2D eigenvalue weighted by Crippen LogP contribution is 2.15. The lowest BCUT2D eigenvalue weighted by Gasteiger charge is -2.24. The number of imidazole rings is 1. The molecular formula is C11H13N5OS. The number of carbonyl (C=O) groups is 1. The van der Waals surface area contributed by atoms with Gasteiger partial charge >= 0.3 is 0 Å². The summed E-state index contributed by atoms with van der Waals surface area (Å²) in [6, 6.07) is 0.139. The first-order valence-corrected chi connectivity index (χ1v) is 6.66. The molecule has 0 bridgehead atoms. The largest absolute Gasteiger partial charge is 0.346 e. The zero-order valence-corrected chi connectivity index (χ0v) is 10.8. The smallest absolute Gasteiger partial charge is 0.273 e. The van der Waals surface area contributed by atoms with Gasteiger partial charge in [0.2, 0.25) is 0 Å². The lowest BCUT2D eigenvalue weighted by molar-refractivity contribution is 0.0922. The number of aryl methyl sites for hydroxylation is 2. The summed E-state index contributed by atoms with van der Waals surface area (Å²) in [6.45, 7) is 2.76. The van der Waals surface area contributed by atoms with Crippen molar-refractivity contribution < 1.29 is 4.79 Å². The first-order valence-electron chi connectivity index (χ1n) is 5.83. The lowest BCUT2D eigenvalue weighted by atomic mass is 10.1. The number of amides is 1. The van der Waals surface area contributed by atoms with E-state index >= 15 is 0 Å². The third-order valence-corrected chi connectivity index (χ3v) is 3.55. The summed E-state index contributed by atoms with van der Waals surface area (Å²) in [4.78, 5) is 16.3. The maximum absolute atomic E-state index is 11.9. The zero-order chi connectivity index (χ0) is 12.5. The zero-order valence-electron chi connectivity index (χ0n) is 9.96. The number of rotatable bonds is 2. The molecule has 0 radical (unpaired) electrons. The Balaban J connectivity index is 1.68. The highest BCUT2D eigenvalue weighted by atomic mass is 32.1. The molecule has 3 rings (SSSR count). The van der Waals surface area contributed by atoms with Crippen LogP contribution in [0.2, 0.25) is 0 Å². The Labute approximate surface area is 108 Å². The minimum atomic E-state index is -0.144. The SMILES string of the molecule is Cc1cn2c(n1)CC[C@H](NC(=O)c1csnn1)C2. The molecule has 0 spiro atoms.